The third-order valence-electron chi connectivity index (χ3n) is 3.44. The average molecular weight is 348 g/mol. The molecule has 0 aliphatic carbocycles. The van der Waals surface area contributed by atoms with Crippen LogP contribution in [0.5, 0.6) is 0 Å². The van der Waals surface area contributed by atoms with E-state index in [2.05, 4.69) is 15.5 Å². The summed E-state index contributed by atoms with van der Waals surface area (Å²) < 4.78 is 16.3. The number of hydrogen-bond acceptors (Lipinski definition) is 3. The molecule has 0 unspecified atom stereocenters. The first-order chi connectivity index (χ1) is 11.4. The number of nitrogens with zero attached hydrogens (tertiary/aromatic N) is 4. The number of benzene rings is 1. The van der Waals surface area contributed by atoms with Crippen molar-refractivity contribution in [3.8, 4) is 0 Å². The zero-order valence-corrected chi connectivity index (χ0v) is 13.9. The highest BCUT2D eigenvalue weighted by Gasteiger charge is 2.16. The summed E-state index contributed by atoms with van der Waals surface area (Å²) in [7, 11) is 1.74. The summed E-state index contributed by atoms with van der Waals surface area (Å²) in [6.07, 6.45) is 3.21. The first-order valence-electron chi connectivity index (χ1n) is 7.21. The Hall–Kier alpha value is -2.67. The monoisotopic (exact) mass is 347 g/mol. The van der Waals surface area contributed by atoms with Crippen LogP contribution in [-0.2, 0) is 13.6 Å². The molecular formula is C16H15ClFN5O. The number of amides is 1. The molecule has 0 aliphatic heterocycles. The minimum atomic E-state index is -0.335. The fourth-order valence-electron chi connectivity index (χ4n) is 2.38. The SMILES string of the molecule is Cc1nn(C)cc1C(=O)Nc1nn(Cc2cccc(F)c2)cc1Cl. The molecule has 2 heterocycles. The van der Waals surface area contributed by atoms with E-state index in [0.717, 1.165) is 5.56 Å². The molecular weight excluding hydrogens is 333 g/mol. The van der Waals surface area contributed by atoms with Gasteiger partial charge in [-0.25, -0.2) is 4.39 Å². The van der Waals surface area contributed by atoms with Gasteiger partial charge < -0.3 is 5.32 Å². The zero-order valence-electron chi connectivity index (χ0n) is 13.1. The molecule has 6 nitrogen and oxygen atoms in total. The largest absolute Gasteiger partial charge is 0.304 e. The summed E-state index contributed by atoms with van der Waals surface area (Å²) in [5.74, 6) is -0.397. The smallest absolute Gasteiger partial charge is 0.260 e. The van der Waals surface area contributed by atoms with E-state index in [4.69, 9.17) is 11.6 Å². The van der Waals surface area contributed by atoms with Gasteiger partial charge in [0.1, 0.15) is 10.8 Å². The van der Waals surface area contributed by atoms with Crippen molar-refractivity contribution in [1.29, 1.82) is 0 Å². The summed E-state index contributed by atoms with van der Waals surface area (Å²) in [5, 5.41) is 11.3. The number of halogens is 2. The second kappa shape index (κ2) is 6.45. The van der Waals surface area contributed by atoms with Crippen molar-refractivity contribution in [1.82, 2.24) is 19.6 Å². The van der Waals surface area contributed by atoms with Gasteiger partial charge in [-0.2, -0.15) is 10.2 Å². The van der Waals surface area contributed by atoms with Crippen LogP contribution in [0.4, 0.5) is 10.2 Å². The first-order valence-corrected chi connectivity index (χ1v) is 7.59. The molecule has 0 fully saturated rings. The predicted octanol–water partition coefficient (Wildman–Crippen LogP) is 3.02. The van der Waals surface area contributed by atoms with Gasteiger partial charge >= 0.3 is 0 Å². The number of aryl methyl sites for hydroxylation is 2. The molecule has 0 aliphatic rings. The van der Waals surface area contributed by atoms with Gasteiger partial charge in [0.25, 0.3) is 5.91 Å². The van der Waals surface area contributed by atoms with Crippen molar-refractivity contribution in [3.63, 3.8) is 0 Å². The second-order valence-corrected chi connectivity index (χ2v) is 5.82. The number of anilines is 1. The third kappa shape index (κ3) is 3.46. The van der Waals surface area contributed by atoms with Gasteiger partial charge in [-0.05, 0) is 24.6 Å². The maximum Gasteiger partial charge on any atom is 0.260 e. The molecule has 8 heteroatoms. The lowest BCUT2D eigenvalue weighted by atomic mass is 10.2. The zero-order chi connectivity index (χ0) is 17.3. The summed E-state index contributed by atoms with van der Waals surface area (Å²) in [6.45, 7) is 2.10. The van der Waals surface area contributed by atoms with Crippen molar-refractivity contribution < 1.29 is 9.18 Å². The molecule has 1 aromatic carbocycles. The van der Waals surface area contributed by atoms with E-state index >= 15 is 0 Å². The van der Waals surface area contributed by atoms with Crippen LogP contribution in [0.15, 0.2) is 36.7 Å². The molecule has 2 aromatic heterocycles. The van der Waals surface area contributed by atoms with Gasteiger partial charge in [0.15, 0.2) is 5.82 Å². The Morgan fingerprint density at radius 1 is 1.33 bits per heavy atom. The van der Waals surface area contributed by atoms with Crippen molar-refractivity contribution in [2.24, 2.45) is 7.05 Å². The van der Waals surface area contributed by atoms with Crippen LogP contribution in [0, 0.1) is 12.7 Å². The number of carbonyl (C=O) groups excluding carboxylic acids is 1. The second-order valence-electron chi connectivity index (χ2n) is 5.41. The Bertz CT molecular complexity index is 902. The Morgan fingerprint density at radius 3 is 2.79 bits per heavy atom. The number of carbonyl (C=O) groups is 1. The van der Waals surface area contributed by atoms with Gasteiger partial charge in [-0.1, -0.05) is 23.7 Å². The maximum atomic E-state index is 13.2. The van der Waals surface area contributed by atoms with Gasteiger partial charge in [0, 0.05) is 19.4 Å². The Labute approximate surface area is 142 Å². The van der Waals surface area contributed by atoms with E-state index in [-0.39, 0.29) is 17.5 Å². The fraction of sp³-hybridized carbons (Fsp3) is 0.188. The Kier molecular flexibility index (Phi) is 4.35. The molecule has 1 N–H and O–H groups in total. The molecule has 0 saturated heterocycles. The topological polar surface area (TPSA) is 64.7 Å². The quantitative estimate of drug-likeness (QED) is 0.789. The van der Waals surface area contributed by atoms with Crippen LogP contribution in [0.1, 0.15) is 21.6 Å². The number of rotatable bonds is 4. The maximum absolute atomic E-state index is 13.2. The highest BCUT2D eigenvalue weighted by molar-refractivity contribution is 6.33. The van der Waals surface area contributed by atoms with Gasteiger partial charge in [0.2, 0.25) is 0 Å². The van der Waals surface area contributed by atoms with E-state index in [1.54, 1.807) is 47.9 Å². The molecule has 0 spiro atoms. The average Bonchev–Trinajstić information content (AvgIpc) is 3.01. The molecule has 0 bridgehead atoms. The van der Waals surface area contributed by atoms with Crippen molar-refractivity contribution in [3.05, 3.63) is 64.3 Å². The van der Waals surface area contributed by atoms with Crippen LogP contribution in [0.2, 0.25) is 5.02 Å². The minimum Gasteiger partial charge on any atom is -0.304 e. The van der Waals surface area contributed by atoms with Crippen LogP contribution in [-0.4, -0.2) is 25.5 Å². The lowest BCUT2D eigenvalue weighted by molar-refractivity contribution is 0.102. The summed E-state index contributed by atoms with van der Waals surface area (Å²) in [5.41, 5.74) is 1.81. The Morgan fingerprint density at radius 2 is 2.12 bits per heavy atom. The summed E-state index contributed by atoms with van der Waals surface area (Å²) in [4.78, 5) is 12.3. The molecule has 0 saturated carbocycles. The molecule has 3 rings (SSSR count). The Balaban J connectivity index is 1.76. The van der Waals surface area contributed by atoms with Crippen molar-refractivity contribution in [2.45, 2.75) is 13.5 Å². The molecule has 1 amide bonds. The lowest BCUT2D eigenvalue weighted by Gasteiger charge is -2.03. The van der Waals surface area contributed by atoms with E-state index in [1.165, 1.54) is 12.1 Å². The third-order valence-corrected chi connectivity index (χ3v) is 3.72. The number of aromatic nitrogens is 4. The van der Waals surface area contributed by atoms with Crippen LogP contribution in [0.3, 0.4) is 0 Å². The van der Waals surface area contributed by atoms with E-state index in [1.807, 2.05) is 0 Å². The van der Waals surface area contributed by atoms with Gasteiger partial charge in [-0.15, -0.1) is 0 Å². The van der Waals surface area contributed by atoms with Gasteiger partial charge in [0.05, 0.1) is 17.8 Å². The number of nitrogens with one attached hydrogen (secondary N) is 1. The minimum absolute atomic E-state index is 0.251. The molecule has 124 valence electrons. The molecule has 0 radical (unpaired) electrons. The summed E-state index contributed by atoms with van der Waals surface area (Å²) >= 11 is 6.13. The normalized spacial score (nSPS) is 10.8. The van der Waals surface area contributed by atoms with Crippen LogP contribution >= 0.6 is 11.6 Å². The highest BCUT2D eigenvalue weighted by Crippen LogP contribution is 2.21. The van der Waals surface area contributed by atoms with Crippen molar-refractivity contribution in [2.75, 3.05) is 5.32 Å². The molecule has 3 aromatic rings. The number of hydrogen-bond donors (Lipinski definition) is 1. The molecule has 0 atom stereocenters. The first kappa shape index (κ1) is 16.2. The standard InChI is InChI=1S/C16H15ClFN5O/c1-10-13(8-22(2)20-10)16(24)19-15-14(17)9-23(21-15)7-11-4-3-5-12(18)6-11/h3-6,8-9H,7H2,1-2H3,(H,19,21,24). The van der Waals surface area contributed by atoms with Gasteiger partial charge in [-0.3, -0.25) is 14.2 Å². The van der Waals surface area contributed by atoms with Crippen LogP contribution < -0.4 is 5.32 Å². The van der Waals surface area contributed by atoms with Crippen LogP contribution in [0.25, 0.3) is 0 Å². The predicted molar refractivity (Wildman–Crippen MR) is 88.6 cm³/mol. The van der Waals surface area contributed by atoms with Crippen molar-refractivity contribution >= 4 is 23.3 Å². The highest BCUT2D eigenvalue weighted by atomic mass is 35.5. The van der Waals surface area contributed by atoms with E-state index in [0.29, 0.717) is 22.8 Å². The van der Waals surface area contributed by atoms with E-state index < -0.39 is 0 Å². The summed E-state index contributed by atoms with van der Waals surface area (Å²) in [6, 6.07) is 6.22. The molecule has 24 heavy (non-hydrogen) atoms. The fourth-order valence-corrected chi connectivity index (χ4v) is 2.58. The van der Waals surface area contributed by atoms with E-state index in [9.17, 15) is 9.18 Å². The lowest BCUT2D eigenvalue weighted by Crippen LogP contribution is -2.13.